The van der Waals surface area contributed by atoms with Crippen LogP contribution in [0.1, 0.15) is 24.0 Å². The number of fused-ring (bicyclic) bond motifs is 1. The van der Waals surface area contributed by atoms with Crippen molar-refractivity contribution in [2.24, 2.45) is 0 Å². The number of benzene rings is 1. The lowest BCUT2D eigenvalue weighted by Crippen LogP contribution is -2.02. The number of hydrogen-bond donors (Lipinski definition) is 1. The Bertz CT molecular complexity index is 512. The first-order chi connectivity index (χ1) is 8.70. The van der Waals surface area contributed by atoms with Crippen molar-refractivity contribution < 1.29 is 14.6 Å². The van der Waals surface area contributed by atoms with Gasteiger partial charge in [0.1, 0.15) is 5.75 Å². The highest BCUT2D eigenvalue weighted by atomic mass is 16.5. The normalized spacial score (nSPS) is 16.8. The molecule has 1 aromatic carbocycles. The van der Waals surface area contributed by atoms with Gasteiger partial charge in [-0.15, -0.1) is 0 Å². The second-order valence-electron chi connectivity index (χ2n) is 4.27. The number of aryl methyl sites for hydroxylation is 1. The van der Waals surface area contributed by atoms with Gasteiger partial charge in [-0.2, -0.15) is 0 Å². The van der Waals surface area contributed by atoms with E-state index in [-0.39, 0.29) is 0 Å². The van der Waals surface area contributed by atoms with Crippen molar-refractivity contribution in [1.82, 2.24) is 0 Å². The van der Waals surface area contributed by atoms with E-state index in [0.29, 0.717) is 0 Å². The summed E-state index contributed by atoms with van der Waals surface area (Å²) in [6.45, 7) is 0. The Morgan fingerprint density at radius 1 is 1.39 bits per heavy atom. The van der Waals surface area contributed by atoms with Crippen LogP contribution in [0.15, 0.2) is 36.4 Å². The van der Waals surface area contributed by atoms with Crippen LogP contribution in [0, 0.1) is 0 Å². The van der Waals surface area contributed by atoms with E-state index in [0.717, 1.165) is 31.1 Å². The highest BCUT2D eigenvalue weighted by Crippen LogP contribution is 2.32. The number of hydrogen-bond acceptors (Lipinski definition) is 2. The molecule has 0 unspecified atom stereocenters. The molecule has 0 fully saturated rings. The molecule has 94 valence electrons. The maximum absolute atomic E-state index is 10.4. The summed E-state index contributed by atoms with van der Waals surface area (Å²) < 4.78 is 5.22. The molecule has 0 atom stereocenters. The lowest BCUT2D eigenvalue weighted by molar-refractivity contribution is -0.131. The topological polar surface area (TPSA) is 46.5 Å². The second-order valence-corrected chi connectivity index (χ2v) is 4.27. The van der Waals surface area contributed by atoms with Gasteiger partial charge in [0.05, 0.1) is 7.11 Å². The second kappa shape index (κ2) is 5.54. The number of ether oxygens (including phenoxy) is 1. The molecule has 0 saturated carbocycles. The molecule has 0 spiro atoms. The molecule has 1 aliphatic carbocycles. The van der Waals surface area contributed by atoms with E-state index in [1.807, 2.05) is 18.2 Å². The zero-order valence-corrected chi connectivity index (χ0v) is 10.3. The molecule has 0 bridgehead atoms. The monoisotopic (exact) mass is 244 g/mol. The van der Waals surface area contributed by atoms with E-state index >= 15 is 0 Å². The summed E-state index contributed by atoms with van der Waals surface area (Å²) in [5.74, 6) is -0.0475. The van der Waals surface area contributed by atoms with Gasteiger partial charge < -0.3 is 9.84 Å². The molecule has 0 amide bonds. The highest BCUT2D eigenvalue weighted by molar-refractivity contribution is 5.81. The van der Waals surface area contributed by atoms with Crippen molar-refractivity contribution in [3.63, 3.8) is 0 Å². The number of carbonyl (C=O) groups is 1. The molecule has 3 heteroatoms. The molecular formula is C15H16O3. The minimum Gasteiger partial charge on any atom is -0.497 e. The molecule has 0 saturated heterocycles. The molecule has 3 nitrogen and oxygen atoms in total. The number of rotatable bonds is 3. The zero-order valence-electron chi connectivity index (χ0n) is 10.3. The number of aliphatic carboxylic acids is 1. The van der Waals surface area contributed by atoms with Gasteiger partial charge in [0.15, 0.2) is 0 Å². The number of allylic oxidation sites excluding steroid dienone is 3. The zero-order chi connectivity index (χ0) is 13.0. The Balaban J connectivity index is 2.30. The maximum atomic E-state index is 10.4. The third-order valence-corrected chi connectivity index (χ3v) is 3.09. The van der Waals surface area contributed by atoms with Crippen LogP contribution in [-0.2, 0) is 11.2 Å². The van der Waals surface area contributed by atoms with Gasteiger partial charge in [0, 0.05) is 6.08 Å². The van der Waals surface area contributed by atoms with E-state index in [9.17, 15) is 4.79 Å². The average molecular weight is 244 g/mol. The molecule has 1 aliphatic rings. The Kier molecular flexibility index (Phi) is 3.82. The van der Waals surface area contributed by atoms with E-state index in [4.69, 9.17) is 9.84 Å². The van der Waals surface area contributed by atoms with Gasteiger partial charge in [-0.25, -0.2) is 4.79 Å². The molecule has 0 radical (unpaired) electrons. The molecule has 0 aromatic heterocycles. The average Bonchev–Trinajstić information content (AvgIpc) is 2.38. The van der Waals surface area contributed by atoms with Gasteiger partial charge in [-0.05, 0) is 48.1 Å². The van der Waals surface area contributed by atoms with Crippen molar-refractivity contribution >= 4 is 11.5 Å². The summed E-state index contributed by atoms with van der Waals surface area (Å²) in [6.07, 6.45) is 7.77. The van der Waals surface area contributed by atoms with Crippen molar-refractivity contribution in [1.29, 1.82) is 0 Å². The summed E-state index contributed by atoms with van der Waals surface area (Å²) in [6, 6.07) is 6.05. The van der Waals surface area contributed by atoms with Crippen LogP contribution in [0.5, 0.6) is 5.75 Å². The minimum atomic E-state index is -0.919. The van der Waals surface area contributed by atoms with Gasteiger partial charge in [-0.1, -0.05) is 18.2 Å². The molecule has 18 heavy (non-hydrogen) atoms. The third-order valence-electron chi connectivity index (χ3n) is 3.09. The molecule has 0 heterocycles. The Labute approximate surface area is 106 Å². The molecule has 1 N–H and O–H groups in total. The molecule has 1 aromatic rings. The van der Waals surface area contributed by atoms with Crippen LogP contribution in [0.3, 0.4) is 0 Å². The summed E-state index contributed by atoms with van der Waals surface area (Å²) in [7, 11) is 1.66. The highest BCUT2D eigenvalue weighted by Gasteiger charge is 2.13. The van der Waals surface area contributed by atoms with Gasteiger partial charge >= 0.3 is 5.97 Å². The molecule has 2 rings (SSSR count). The van der Waals surface area contributed by atoms with Crippen molar-refractivity contribution in [3.8, 4) is 5.75 Å². The maximum Gasteiger partial charge on any atom is 0.328 e. The third kappa shape index (κ3) is 2.80. The first kappa shape index (κ1) is 12.4. The van der Waals surface area contributed by atoms with Crippen LogP contribution in [-0.4, -0.2) is 18.2 Å². The van der Waals surface area contributed by atoms with Gasteiger partial charge in [0.25, 0.3) is 0 Å². The lowest BCUT2D eigenvalue weighted by Gasteiger charge is -2.19. The van der Waals surface area contributed by atoms with E-state index in [1.54, 1.807) is 13.2 Å². The van der Waals surface area contributed by atoms with E-state index in [1.165, 1.54) is 16.7 Å². The predicted octanol–water partition coefficient (Wildman–Crippen LogP) is 3.06. The fourth-order valence-electron chi connectivity index (χ4n) is 2.24. The van der Waals surface area contributed by atoms with Crippen LogP contribution < -0.4 is 4.74 Å². The van der Waals surface area contributed by atoms with Crippen molar-refractivity contribution in [3.05, 3.63) is 47.6 Å². The number of carboxylic acids is 1. The minimum absolute atomic E-state index is 0.871. The summed E-state index contributed by atoms with van der Waals surface area (Å²) >= 11 is 0. The van der Waals surface area contributed by atoms with E-state index < -0.39 is 5.97 Å². The van der Waals surface area contributed by atoms with Crippen molar-refractivity contribution in [2.75, 3.05) is 7.11 Å². The SMILES string of the molecule is COc1ccc2c(c1)CCCC2=CC=CC(=O)O. The quantitative estimate of drug-likeness (QED) is 0.831. The van der Waals surface area contributed by atoms with Gasteiger partial charge in [-0.3, -0.25) is 0 Å². The molecular weight excluding hydrogens is 228 g/mol. The van der Waals surface area contributed by atoms with Crippen LogP contribution in [0.2, 0.25) is 0 Å². The summed E-state index contributed by atoms with van der Waals surface area (Å²) in [4.78, 5) is 10.4. The van der Waals surface area contributed by atoms with Crippen molar-refractivity contribution in [2.45, 2.75) is 19.3 Å². The Hall–Kier alpha value is -2.03. The standard InChI is InChI=1S/C15H16O3/c1-18-13-8-9-14-11(5-3-7-15(16)17)4-2-6-12(14)10-13/h3,5,7-10H,2,4,6H2,1H3,(H,16,17). The smallest absolute Gasteiger partial charge is 0.328 e. The largest absolute Gasteiger partial charge is 0.497 e. The van der Waals surface area contributed by atoms with Gasteiger partial charge in [0.2, 0.25) is 0 Å². The van der Waals surface area contributed by atoms with Crippen LogP contribution >= 0.6 is 0 Å². The first-order valence-electron chi connectivity index (χ1n) is 5.98. The fourth-order valence-corrected chi connectivity index (χ4v) is 2.24. The fraction of sp³-hybridized carbons (Fsp3) is 0.267. The van der Waals surface area contributed by atoms with Crippen LogP contribution in [0.4, 0.5) is 0 Å². The predicted molar refractivity (Wildman–Crippen MR) is 70.7 cm³/mol. The summed E-state index contributed by atoms with van der Waals surface area (Å²) in [5, 5.41) is 8.57. The first-order valence-corrected chi connectivity index (χ1v) is 5.98. The summed E-state index contributed by atoms with van der Waals surface area (Å²) in [5.41, 5.74) is 3.67. The van der Waals surface area contributed by atoms with E-state index in [2.05, 4.69) is 6.07 Å². The Morgan fingerprint density at radius 2 is 2.22 bits per heavy atom. The Morgan fingerprint density at radius 3 is 2.94 bits per heavy atom. The van der Waals surface area contributed by atoms with Crippen LogP contribution in [0.25, 0.3) is 5.57 Å². The molecule has 0 aliphatic heterocycles. The lowest BCUT2D eigenvalue weighted by atomic mass is 9.87. The number of carboxylic acid groups (broad SMARTS) is 1. The number of methoxy groups -OCH3 is 1.